The fourth-order valence-electron chi connectivity index (χ4n) is 3.57. The summed E-state index contributed by atoms with van der Waals surface area (Å²) in [6.45, 7) is 1.87. The first-order chi connectivity index (χ1) is 16.0. The number of piperazine rings is 1. The number of nitrogens with zero attached hydrogens (tertiary/aromatic N) is 4. The minimum Gasteiger partial charge on any atom is -0.493 e. The van der Waals surface area contributed by atoms with Gasteiger partial charge >= 0.3 is 6.03 Å². The van der Waals surface area contributed by atoms with Gasteiger partial charge in [0, 0.05) is 37.8 Å². The van der Waals surface area contributed by atoms with Crippen LogP contribution in [0, 0.1) is 11.6 Å². The van der Waals surface area contributed by atoms with E-state index in [9.17, 15) is 13.6 Å². The fraction of sp³-hybridized carbons (Fsp3) is 0.261. The van der Waals surface area contributed by atoms with E-state index < -0.39 is 17.7 Å². The van der Waals surface area contributed by atoms with Crippen molar-refractivity contribution in [3.05, 3.63) is 60.2 Å². The number of rotatable bonds is 5. The van der Waals surface area contributed by atoms with E-state index in [0.717, 1.165) is 23.8 Å². The molecule has 0 radical (unpaired) electrons. The molecule has 8 nitrogen and oxygen atoms in total. The molecule has 1 fully saturated rings. The summed E-state index contributed by atoms with van der Waals surface area (Å²) in [6.07, 6.45) is 0. The molecule has 3 aromatic rings. The van der Waals surface area contributed by atoms with Crippen LogP contribution in [-0.2, 0) is 0 Å². The zero-order valence-electron chi connectivity index (χ0n) is 18.2. The van der Waals surface area contributed by atoms with E-state index in [4.69, 9.17) is 9.47 Å². The molecule has 1 N–H and O–H groups in total. The summed E-state index contributed by atoms with van der Waals surface area (Å²) < 4.78 is 37.7. The van der Waals surface area contributed by atoms with Gasteiger partial charge in [-0.3, -0.25) is 0 Å². The molecule has 0 bridgehead atoms. The first kappa shape index (κ1) is 22.3. The lowest BCUT2D eigenvalue weighted by Gasteiger charge is -2.35. The highest BCUT2D eigenvalue weighted by atomic mass is 19.1. The first-order valence-corrected chi connectivity index (χ1v) is 10.3. The van der Waals surface area contributed by atoms with Crippen LogP contribution in [0.2, 0.25) is 0 Å². The van der Waals surface area contributed by atoms with Gasteiger partial charge in [-0.25, -0.2) is 13.6 Å². The van der Waals surface area contributed by atoms with Gasteiger partial charge < -0.3 is 24.6 Å². The monoisotopic (exact) mass is 455 g/mol. The summed E-state index contributed by atoms with van der Waals surface area (Å²) in [4.78, 5) is 16.0. The number of aromatic nitrogens is 2. The van der Waals surface area contributed by atoms with Crippen LogP contribution in [0.3, 0.4) is 0 Å². The van der Waals surface area contributed by atoms with Gasteiger partial charge in [0.25, 0.3) is 0 Å². The summed E-state index contributed by atoms with van der Waals surface area (Å²) in [5.41, 5.74) is 1.35. The van der Waals surface area contributed by atoms with Gasteiger partial charge in [-0.2, -0.15) is 0 Å². The Morgan fingerprint density at radius 1 is 0.909 bits per heavy atom. The molecule has 0 aliphatic carbocycles. The van der Waals surface area contributed by atoms with Crippen molar-refractivity contribution >= 4 is 17.5 Å². The van der Waals surface area contributed by atoms with Crippen LogP contribution in [0.1, 0.15) is 0 Å². The number of benzene rings is 2. The molecule has 33 heavy (non-hydrogen) atoms. The van der Waals surface area contributed by atoms with Gasteiger partial charge in [0.15, 0.2) is 17.3 Å². The molecule has 2 amide bonds. The summed E-state index contributed by atoms with van der Waals surface area (Å²) in [5, 5.41) is 11.1. The van der Waals surface area contributed by atoms with Gasteiger partial charge in [-0.15, -0.1) is 10.2 Å². The molecule has 1 saturated heterocycles. The molecule has 0 atom stereocenters. The standard InChI is InChI=1S/C23H23F2N5O3/c1-32-20-7-3-15(13-21(20)33-2)18-6-8-22(28-27-18)29-9-11-30(12-10-29)23(31)26-19-14-16(24)4-5-17(19)25/h3-8,13-14H,9-12H2,1-2H3,(H,26,31). The summed E-state index contributed by atoms with van der Waals surface area (Å²) in [7, 11) is 3.15. The maximum atomic E-state index is 13.8. The maximum absolute atomic E-state index is 13.8. The van der Waals surface area contributed by atoms with E-state index in [1.165, 1.54) is 0 Å². The van der Waals surface area contributed by atoms with Gasteiger partial charge in [-0.05, 0) is 42.5 Å². The van der Waals surface area contributed by atoms with E-state index in [1.54, 1.807) is 19.1 Å². The fourth-order valence-corrected chi connectivity index (χ4v) is 3.57. The normalized spacial score (nSPS) is 13.6. The highest BCUT2D eigenvalue weighted by Gasteiger charge is 2.23. The van der Waals surface area contributed by atoms with Crippen molar-refractivity contribution in [2.24, 2.45) is 0 Å². The number of methoxy groups -OCH3 is 2. The third-order valence-electron chi connectivity index (χ3n) is 5.39. The molecular weight excluding hydrogens is 432 g/mol. The quantitative estimate of drug-likeness (QED) is 0.631. The van der Waals surface area contributed by atoms with Crippen LogP contribution < -0.4 is 19.7 Å². The molecular formula is C23H23F2N5O3. The van der Waals surface area contributed by atoms with Crippen molar-refractivity contribution in [3.8, 4) is 22.8 Å². The Morgan fingerprint density at radius 3 is 2.33 bits per heavy atom. The van der Waals surface area contributed by atoms with Crippen LogP contribution >= 0.6 is 0 Å². The zero-order valence-corrected chi connectivity index (χ0v) is 18.2. The molecule has 4 rings (SSSR count). The van der Waals surface area contributed by atoms with Crippen LogP contribution in [0.25, 0.3) is 11.3 Å². The van der Waals surface area contributed by atoms with E-state index >= 15 is 0 Å². The lowest BCUT2D eigenvalue weighted by molar-refractivity contribution is 0.208. The molecule has 0 unspecified atom stereocenters. The molecule has 172 valence electrons. The van der Waals surface area contributed by atoms with Gasteiger partial charge in [0.1, 0.15) is 11.6 Å². The molecule has 1 aromatic heterocycles. The van der Waals surface area contributed by atoms with E-state index in [-0.39, 0.29) is 5.69 Å². The summed E-state index contributed by atoms with van der Waals surface area (Å²) in [6, 6.07) is 11.7. The number of carbonyl (C=O) groups excluding carboxylic acids is 1. The van der Waals surface area contributed by atoms with Crippen LogP contribution in [0.4, 0.5) is 25.1 Å². The molecule has 2 heterocycles. The first-order valence-electron chi connectivity index (χ1n) is 10.3. The van der Waals surface area contributed by atoms with Crippen molar-refractivity contribution < 1.29 is 23.0 Å². The Morgan fingerprint density at radius 2 is 1.67 bits per heavy atom. The molecule has 1 aliphatic rings. The van der Waals surface area contributed by atoms with Gasteiger partial charge in [0.05, 0.1) is 25.6 Å². The second kappa shape index (κ2) is 9.68. The lowest BCUT2D eigenvalue weighted by atomic mass is 10.1. The SMILES string of the molecule is COc1ccc(-c2ccc(N3CCN(C(=O)Nc4cc(F)ccc4F)CC3)nn2)cc1OC. The zero-order chi connectivity index (χ0) is 23.4. The Hall–Kier alpha value is -3.95. The number of hydrogen-bond donors (Lipinski definition) is 1. The maximum Gasteiger partial charge on any atom is 0.322 e. The minimum atomic E-state index is -0.687. The third kappa shape index (κ3) is 4.94. The summed E-state index contributed by atoms with van der Waals surface area (Å²) >= 11 is 0. The number of carbonyl (C=O) groups is 1. The minimum absolute atomic E-state index is 0.181. The number of hydrogen-bond acceptors (Lipinski definition) is 6. The van der Waals surface area contributed by atoms with Crippen molar-refractivity contribution in [2.45, 2.75) is 0 Å². The molecule has 0 spiro atoms. The Bertz CT molecular complexity index is 1140. The van der Waals surface area contributed by atoms with Gasteiger partial charge in [0.2, 0.25) is 0 Å². The highest BCUT2D eigenvalue weighted by molar-refractivity contribution is 5.89. The van der Waals surface area contributed by atoms with Crippen molar-refractivity contribution in [3.63, 3.8) is 0 Å². The Labute approximate surface area is 189 Å². The van der Waals surface area contributed by atoms with Crippen LogP contribution in [-0.4, -0.2) is 61.5 Å². The number of ether oxygens (including phenoxy) is 2. The average Bonchev–Trinajstić information content (AvgIpc) is 2.86. The Kier molecular flexibility index (Phi) is 6.53. The number of halogens is 2. The van der Waals surface area contributed by atoms with Crippen molar-refractivity contribution in [2.75, 3.05) is 50.6 Å². The highest BCUT2D eigenvalue weighted by Crippen LogP contribution is 2.31. The topological polar surface area (TPSA) is 79.8 Å². The number of amides is 2. The van der Waals surface area contributed by atoms with E-state index in [2.05, 4.69) is 15.5 Å². The molecule has 0 saturated carbocycles. The van der Waals surface area contributed by atoms with E-state index in [1.807, 2.05) is 35.2 Å². The molecule has 10 heteroatoms. The van der Waals surface area contributed by atoms with Gasteiger partial charge in [-0.1, -0.05) is 0 Å². The van der Waals surface area contributed by atoms with Crippen molar-refractivity contribution in [1.82, 2.24) is 15.1 Å². The summed E-state index contributed by atoms with van der Waals surface area (Å²) in [5.74, 6) is 0.622. The number of anilines is 2. The number of urea groups is 1. The third-order valence-corrected chi connectivity index (χ3v) is 5.39. The Balaban J connectivity index is 1.37. The smallest absolute Gasteiger partial charge is 0.322 e. The van der Waals surface area contributed by atoms with E-state index in [0.29, 0.717) is 49.2 Å². The average molecular weight is 455 g/mol. The predicted octanol–water partition coefficient (Wildman–Crippen LogP) is 3.79. The number of nitrogens with one attached hydrogen (secondary N) is 1. The molecule has 2 aromatic carbocycles. The van der Waals surface area contributed by atoms with Crippen LogP contribution in [0.5, 0.6) is 11.5 Å². The lowest BCUT2D eigenvalue weighted by Crippen LogP contribution is -2.50. The largest absolute Gasteiger partial charge is 0.493 e. The second-order valence-electron chi connectivity index (χ2n) is 7.37. The predicted molar refractivity (Wildman–Crippen MR) is 120 cm³/mol. The van der Waals surface area contributed by atoms with Crippen LogP contribution in [0.15, 0.2) is 48.5 Å². The molecule has 1 aliphatic heterocycles. The second-order valence-corrected chi connectivity index (χ2v) is 7.37. The van der Waals surface area contributed by atoms with Crippen molar-refractivity contribution in [1.29, 1.82) is 0 Å².